The molecular weight excluding hydrogens is 1950 g/mol. The number of unbranched alkanes of at least 4 members (excludes halogenated alkanes) is 18. The molecule has 9 aliphatic rings. The lowest BCUT2D eigenvalue weighted by molar-refractivity contribution is -0.210. The minimum atomic E-state index is -1.51. The number of aromatic hydroxyl groups is 4. The number of hydrogen-bond donors (Lipinski definition) is 5. The van der Waals surface area contributed by atoms with Crippen molar-refractivity contribution in [3.8, 4) is 51.7 Å². The van der Waals surface area contributed by atoms with Gasteiger partial charge in [0.15, 0.2) is 5.78 Å². The number of cyclic esters (lactones) is 1. The molecule has 5 N–H and O–H groups in total. The molecule has 1 saturated carbocycles. The van der Waals surface area contributed by atoms with E-state index in [1.807, 2.05) is 86.8 Å². The number of rotatable bonds is 38. The predicted molar refractivity (Wildman–Crippen MR) is 632 cm³/mol. The number of phenolic OH excluding ortho intramolecular Hbond substituents is 4. The lowest BCUT2D eigenvalue weighted by Crippen LogP contribution is -2.52. The van der Waals surface area contributed by atoms with E-state index >= 15 is 0 Å². The molecule has 4 saturated heterocycles. The van der Waals surface area contributed by atoms with Crippen LogP contribution >= 0.6 is 70.6 Å². The third-order valence-corrected chi connectivity index (χ3v) is 40.9. The maximum Gasteiger partial charge on any atom is 0.356 e. The highest BCUT2D eigenvalue weighted by Gasteiger charge is 2.58. The molecule has 0 radical (unpaired) electrons. The van der Waals surface area contributed by atoms with Gasteiger partial charge in [0.05, 0.1) is 45.8 Å². The fourth-order valence-electron chi connectivity index (χ4n) is 21.3. The maximum absolute atomic E-state index is 12.8. The van der Waals surface area contributed by atoms with Gasteiger partial charge in [-0.1, -0.05) is 259 Å². The molecule has 0 amide bonds. The van der Waals surface area contributed by atoms with Crippen LogP contribution in [0.1, 0.15) is 446 Å². The van der Waals surface area contributed by atoms with Gasteiger partial charge in [-0.25, -0.2) is 4.79 Å². The van der Waals surface area contributed by atoms with Gasteiger partial charge >= 0.3 is 11.9 Å². The van der Waals surface area contributed by atoms with Gasteiger partial charge in [0.2, 0.25) is 5.60 Å². The summed E-state index contributed by atoms with van der Waals surface area (Å²) in [6, 6.07) is 31.3. The number of aryl methyl sites for hydroxylation is 4. The highest BCUT2D eigenvalue weighted by molar-refractivity contribution is 8.21. The Morgan fingerprint density at radius 3 is 1.15 bits per heavy atom. The van der Waals surface area contributed by atoms with E-state index < -0.39 is 23.1 Å². The lowest BCUT2D eigenvalue weighted by Gasteiger charge is -2.47. The Morgan fingerprint density at radius 1 is 0.408 bits per heavy atom. The van der Waals surface area contributed by atoms with Crippen molar-refractivity contribution in [1.29, 1.82) is 0 Å². The molecule has 6 aromatic carbocycles. The molecule has 0 bridgehead atoms. The van der Waals surface area contributed by atoms with Crippen molar-refractivity contribution in [2.45, 2.75) is 443 Å². The molecule has 6 aromatic rings. The molecule has 3 aliphatic carbocycles. The molecule has 0 spiro atoms. The van der Waals surface area contributed by atoms with Gasteiger partial charge in [0.25, 0.3) is 0 Å². The third kappa shape index (κ3) is 39.3. The number of Topliss-reactive ketones (excluding diaryl/α,β-unsaturated/α-hetero) is 1. The molecule has 0 aromatic heterocycles. The standard InChI is InChI=1S/C25H36O2S2.C24H30O6.C17H26OS2.C15H22O2S2.C15H22O2.C10H20O.C9H12O.C7H16.C4H10/c1-5-6-7-8-11-25(28-12-13-29-25)18-15-21(26)23-19-14-17(2)9-10-20(19)24(3,4)27-22(23)16-18;1-5-6-9-28-22(27)24(13-20(26)30-24)15-11-18(25)21-16-10-14(2)7-8-17(16)23(3,4)29-19(21)12-15;1-4-5-6-7-8-17(19-9-10-20-17)15-11-14(2)12-16(13-15)18-3;1-2-3-4-5-6-15(18-7-8-19-15)12-9-13(16)11-14(17)10-12;1-4-5-6-7-8-15(16)13-9-12(2)10-14(11-13)17-3;1-8(2)9-4-6-10(3,11)7-5-9;1-7-4-8(2)6-9(5-7)10-3;1-3-5-7-6-4-2;1-3-4-2/h9,15-16,19-20,26H,5-8,10-14H2,1-4H3;7,11-12,16-17,25H,5-6,8-10,13H2,1-4H3;11-13H,4-10H2,1-3H3;9-11,16-17H,2-8H2,1H3;9-11H,4-8H2,1-3H3;8-9,11H,4-7H2,1-3H3;4-6H,1-3H3;3-7H2,1-2H3;3-4H2,1-2H3/t19-,20?;16-,17?,24?;;;;;;;/m11......./s1. The summed E-state index contributed by atoms with van der Waals surface area (Å²) in [6.45, 7) is 47.8. The van der Waals surface area contributed by atoms with E-state index in [-0.39, 0.29) is 71.3 Å². The fraction of sp³-hybridized carbons (Fsp3) is 0.659. The number of thioether (sulfide) groups is 6. The first-order chi connectivity index (χ1) is 70.1. The predicted octanol–water partition coefficient (Wildman–Crippen LogP) is 36.2. The van der Waals surface area contributed by atoms with Crippen molar-refractivity contribution < 1.29 is 73.1 Å². The van der Waals surface area contributed by atoms with E-state index in [4.69, 9.17) is 33.2 Å². The SMILES string of the molecule is CC(C)C1CCC(C)(O)CC1.CCCC.CCCCCCC.CCCCCCC(=O)c1cc(C)cc(OC)c1.CCCCCCC1(c2cc(C)cc(OC)c2)SCCS1.CCCCCCC1(c2cc(O)c3c(c2)OC(C)(C)C2CC=C(C)C[C@@H]32)SCCS1.CCCCCCC1(c2cc(O)cc(O)c2)SCCS1.CCCCOC(=O)C1(c2cc(O)c3c(c2)OC(C)(C)C2CC=C(C)C[C@@H]32)CC(=O)O1.COc1cc(C)cc(C)c1. The Kier molecular flexibility index (Phi) is 55.6. The highest BCUT2D eigenvalue weighted by atomic mass is 32.2. The van der Waals surface area contributed by atoms with Gasteiger partial charge in [-0.05, 0) is 289 Å². The van der Waals surface area contributed by atoms with Gasteiger partial charge in [0.1, 0.15) is 69.4 Å². The average Bonchev–Trinajstić information content (AvgIpc) is 1.24. The van der Waals surface area contributed by atoms with Gasteiger partial charge < -0.3 is 58.7 Å². The smallest absolute Gasteiger partial charge is 0.356 e. The lowest BCUT2D eigenvalue weighted by atomic mass is 9.67. The molecule has 21 heteroatoms. The monoisotopic (exact) mass is 2140 g/mol. The number of esters is 2. The van der Waals surface area contributed by atoms with Crippen LogP contribution in [0.2, 0.25) is 0 Å². The van der Waals surface area contributed by atoms with Crippen LogP contribution in [-0.2, 0) is 36.9 Å². The van der Waals surface area contributed by atoms with Crippen LogP contribution in [0.3, 0.4) is 0 Å². The number of ketones is 1. The molecule has 3 unspecified atom stereocenters. The second-order valence-corrected chi connectivity index (χ2v) is 53.1. The van der Waals surface area contributed by atoms with E-state index in [0.717, 1.165) is 145 Å². The molecule has 15 rings (SSSR count). The molecule has 15 nitrogen and oxygen atoms in total. The first kappa shape index (κ1) is 128. The molecule has 5 fully saturated rings. The fourth-order valence-corrected chi connectivity index (χ4v) is 31.2. The zero-order valence-electron chi connectivity index (χ0n) is 95.4. The van der Waals surface area contributed by atoms with Gasteiger partial charge in [0, 0.05) is 92.9 Å². The topological polar surface area (TPSA) is 217 Å². The van der Waals surface area contributed by atoms with Crippen molar-refractivity contribution in [1.82, 2.24) is 0 Å². The van der Waals surface area contributed by atoms with Crippen LogP contribution in [0.15, 0.2) is 120 Å². The van der Waals surface area contributed by atoms with E-state index in [9.17, 15) is 39.9 Å². The number of carbonyl (C=O) groups excluding carboxylic acids is 3. The summed E-state index contributed by atoms with van der Waals surface area (Å²) in [5.74, 6) is 14.3. The number of benzene rings is 6. The second-order valence-electron chi connectivity index (χ2n) is 44.0. The Bertz CT molecular complexity index is 4930. The largest absolute Gasteiger partial charge is 0.508 e. The first-order valence-electron chi connectivity index (χ1n) is 56.5. The number of allylic oxidation sites excluding steroid dienone is 4. The normalized spacial score (nSPS) is 21.3. The summed E-state index contributed by atoms with van der Waals surface area (Å²) < 4.78 is 39.7. The minimum absolute atomic E-state index is 0.0317. The van der Waals surface area contributed by atoms with Crippen LogP contribution in [0.5, 0.6) is 51.7 Å². The number of carbonyl (C=O) groups is 3. The van der Waals surface area contributed by atoms with Crippen LogP contribution in [0.4, 0.5) is 0 Å². The van der Waals surface area contributed by atoms with E-state index in [0.29, 0.717) is 35.3 Å². The Balaban J connectivity index is 0.000000234. The summed E-state index contributed by atoms with van der Waals surface area (Å²) in [5, 5.41) is 51.3. The van der Waals surface area contributed by atoms with Crippen LogP contribution in [-0.4, -0.2) is 123 Å². The molecular formula is C126H194O15S6. The summed E-state index contributed by atoms with van der Waals surface area (Å²) in [5.41, 5.74) is 11.9. The number of aliphatic hydroxyl groups is 1. The van der Waals surface area contributed by atoms with E-state index in [1.54, 1.807) is 33.5 Å². The summed E-state index contributed by atoms with van der Waals surface area (Å²) in [7, 11) is 5.08. The summed E-state index contributed by atoms with van der Waals surface area (Å²) in [4.78, 5) is 36.5. The number of ether oxygens (including phenoxy) is 7. The number of methoxy groups -OCH3 is 3. The zero-order valence-corrected chi connectivity index (χ0v) is 100. The average molecular weight is 2140 g/mol. The summed E-state index contributed by atoms with van der Waals surface area (Å²) >= 11 is 12.3. The molecule has 824 valence electrons. The van der Waals surface area contributed by atoms with Gasteiger partial charge in [-0.3, -0.25) is 9.59 Å². The van der Waals surface area contributed by atoms with E-state index in [1.165, 1.54) is 229 Å². The van der Waals surface area contributed by atoms with Crippen molar-refractivity contribution in [2.75, 3.05) is 62.5 Å². The van der Waals surface area contributed by atoms with Crippen LogP contribution < -0.4 is 23.7 Å². The minimum Gasteiger partial charge on any atom is -0.508 e. The Hall–Kier alpha value is -6.33. The number of fused-ring (bicyclic) bond motifs is 6. The zero-order chi connectivity index (χ0) is 108. The summed E-state index contributed by atoms with van der Waals surface area (Å²) in [6.07, 6.45) is 48.3. The van der Waals surface area contributed by atoms with Crippen molar-refractivity contribution >= 4 is 88.3 Å². The van der Waals surface area contributed by atoms with Crippen molar-refractivity contribution in [2.24, 2.45) is 23.7 Å². The van der Waals surface area contributed by atoms with Crippen molar-refractivity contribution in [3.63, 3.8) is 0 Å². The van der Waals surface area contributed by atoms with Gasteiger partial charge in [-0.2, -0.15) is 0 Å². The number of phenols is 4. The molecule has 6 aliphatic heterocycles. The van der Waals surface area contributed by atoms with Gasteiger partial charge in [-0.15, -0.1) is 70.6 Å². The molecule has 5 atom stereocenters. The molecule has 6 heterocycles. The Labute approximate surface area is 916 Å². The maximum atomic E-state index is 12.8. The second kappa shape index (κ2) is 64.1. The van der Waals surface area contributed by atoms with Crippen LogP contribution in [0, 0.1) is 51.4 Å². The third-order valence-electron chi connectivity index (χ3n) is 30.1. The molecule has 147 heavy (non-hydrogen) atoms. The highest BCUT2D eigenvalue weighted by Crippen LogP contribution is 2.63. The van der Waals surface area contributed by atoms with E-state index in [2.05, 4.69) is 227 Å². The van der Waals surface area contributed by atoms with Crippen LogP contribution in [0.25, 0.3) is 0 Å². The number of hydrogen-bond acceptors (Lipinski definition) is 21. The Morgan fingerprint density at radius 2 is 0.762 bits per heavy atom. The first-order valence-corrected chi connectivity index (χ1v) is 62.4. The van der Waals surface area contributed by atoms with Crippen molar-refractivity contribution in [3.05, 3.63) is 182 Å². The quantitative estimate of drug-likeness (QED) is 0.0105.